The van der Waals surface area contributed by atoms with Crippen molar-refractivity contribution in [3.8, 4) is 0 Å². The van der Waals surface area contributed by atoms with Crippen LogP contribution in [-0.4, -0.2) is 5.91 Å². The minimum absolute atomic E-state index is 0.114. The van der Waals surface area contributed by atoms with Crippen LogP contribution in [0.5, 0.6) is 0 Å². The second-order valence-electron chi connectivity index (χ2n) is 2.81. The Bertz CT molecular complexity index is 233. The molecule has 0 aromatic heterocycles. The quantitative estimate of drug-likeness (QED) is 0.711. The summed E-state index contributed by atoms with van der Waals surface area (Å²) >= 11 is 1.67. The number of hydrogen-bond donors (Lipinski definition) is 1. The molecule has 0 saturated heterocycles. The third kappa shape index (κ3) is 2.41. The Morgan fingerprint density at radius 3 is 3.08 bits per heavy atom. The van der Waals surface area contributed by atoms with Gasteiger partial charge in [-0.15, -0.1) is 11.8 Å². The highest BCUT2D eigenvalue weighted by Crippen LogP contribution is 2.26. The molecule has 1 atom stereocenters. The van der Waals surface area contributed by atoms with Crippen LogP contribution in [0.3, 0.4) is 0 Å². The Hall–Kier alpha value is -0.700. The van der Waals surface area contributed by atoms with Gasteiger partial charge in [0.2, 0.25) is 5.91 Å². The number of thioether (sulfide) groups is 1. The number of rotatable bonds is 2. The molecule has 0 fully saturated rings. The molecule has 0 spiro atoms. The van der Waals surface area contributed by atoms with Crippen molar-refractivity contribution in [2.75, 3.05) is 0 Å². The minimum atomic E-state index is 0.114. The maximum Gasteiger partial charge on any atom is 0.227 e. The zero-order chi connectivity index (χ0) is 8.97. The number of hydrogen-bond acceptors (Lipinski definition) is 2. The number of nitrogens with one attached hydrogen (secondary N) is 1. The molecule has 0 aromatic carbocycles. The van der Waals surface area contributed by atoms with E-state index in [9.17, 15) is 4.79 Å². The van der Waals surface area contributed by atoms with Gasteiger partial charge >= 0.3 is 0 Å². The van der Waals surface area contributed by atoms with E-state index < -0.39 is 0 Å². The van der Waals surface area contributed by atoms with Crippen LogP contribution in [0.1, 0.15) is 20.3 Å². The molecule has 2 nitrogen and oxygen atoms in total. The predicted octanol–water partition coefficient (Wildman–Crippen LogP) is 2.25. The molecule has 0 saturated carbocycles. The summed E-state index contributed by atoms with van der Waals surface area (Å²) in [5.41, 5.74) is 0. The number of carbonyl (C=O) groups excluding carboxylic acids is 1. The molecule has 1 rings (SSSR count). The van der Waals surface area contributed by atoms with Crippen molar-refractivity contribution < 1.29 is 4.79 Å². The molecule has 3 heteroatoms. The van der Waals surface area contributed by atoms with Gasteiger partial charge in [0.05, 0.1) is 0 Å². The molecule has 1 unspecified atom stereocenters. The molecule has 1 amide bonds. The van der Waals surface area contributed by atoms with Crippen LogP contribution in [0.4, 0.5) is 0 Å². The van der Waals surface area contributed by atoms with Crippen LogP contribution in [0.25, 0.3) is 0 Å². The standard InChI is InChI=1S/C9H13NOS/c1-3-4-12-8-5-7(2)9(11)10-6-8/h3-4,6-7H,5H2,1-2H3,(H,10,11)/b4-3-. The second-order valence-corrected chi connectivity index (χ2v) is 3.84. The number of carbonyl (C=O) groups is 1. The molecule has 1 heterocycles. The van der Waals surface area contributed by atoms with Crippen LogP contribution in [0, 0.1) is 5.92 Å². The van der Waals surface area contributed by atoms with Gasteiger partial charge in [-0.2, -0.15) is 0 Å². The first-order chi connectivity index (χ1) is 5.74. The highest BCUT2D eigenvalue weighted by atomic mass is 32.2. The molecule has 1 aliphatic rings. The average Bonchev–Trinajstić information content (AvgIpc) is 2.07. The highest BCUT2D eigenvalue weighted by molar-refractivity contribution is 8.05. The smallest absolute Gasteiger partial charge is 0.227 e. The molecular formula is C9H13NOS. The zero-order valence-corrected chi connectivity index (χ0v) is 8.15. The molecular weight excluding hydrogens is 170 g/mol. The van der Waals surface area contributed by atoms with Gasteiger partial charge in [-0.3, -0.25) is 4.79 Å². The van der Waals surface area contributed by atoms with Gasteiger partial charge in [0.1, 0.15) is 0 Å². The normalized spacial score (nSPS) is 24.0. The van der Waals surface area contributed by atoms with E-state index in [1.54, 1.807) is 18.0 Å². The fraction of sp³-hybridized carbons (Fsp3) is 0.444. The molecule has 12 heavy (non-hydrogen) atoms. The van der Waals surface area contributed by atoms with Gasteiger partial charge in [-0.25, -0.2) is 0 Å². The van der Waals surface area contributed by atoms with Crippen LogP contribution in [0.15, 0.2) is 22.6 Å². The van der Waals surface area contributed by atoms with Crippen molar-refractivity contribution in [1.29, 1.82) is 0 Å². The van der Waals surface area contributed by atoms with Crippen molar-refractivity contribution in [3.05, 3.63) is 22.6 Å². The van der Waals surface area contributed by atoms with E-state index in [1.807, 2.05) is 25.3 Å². The van der Waals surface area contributed by atoms with Gasteiger partial charge in [0.15, 0.2) is 0 Å². The van der Waals surface area contributed by atoms with E-state index in [0.29, 0.717) is 0 Å². The van der Waals surface area contributed by atoms with Gasteiger partial charge < -0.3 is 5.32 Å². The summed E-state index contributed by atoms with van der Waals surface area (Å²) < 4.78 is 0. The zero-order valence-electron chi connectivity index (χ0n) is 7.33. The van der Waals surface area contributed by atoms with Crippen molar-refractivity contribution in [2.45, 2.75) is 20.3 Å². The SMILES string of the molecule is C/C=C\SC1=CNC(=O)C(C)C1. The monoisotopic (exact) mass is 183 g/mol. The van der Waals surface area contributed by atoms with Crippen molar-refractivity contribution >= 4 is 17.7 Å². The van der Waals surface area contributed by atoms with Gasteiger partial charge in [0, 0.05) is 17.0 Å². The minimum Gasteiger partial charge on any atom is -0.332 e. The fourth-order valence-electron chi connectivity index (χ4n) is 0.985. The Balaban J connectivity index is 2.52. The first kappa shape index (κ1) is 9.39. The summed E-state index contributed by atoms with van der Waals surface area (Å²) in [4.78, 5) is 12.3. The van der Waals surface area contributed by atoms with Gasteiger partial charge in [-0.05, 0) is 18.8 Å². The van der Waals surface area contributed by atoms with Crippen LogP contribution < -0.4 is 5.32 Å². The second kappa shape index (κ2) is 4.36. The van der Waals surface area contributed by atoms with E-state index in [0.717, 1.165) is 6.42 Å². The lowest BCUT2D eigenvalue weighted by Gasteiger charge is -2.17. The molecule has 66 valence electrons. The third-order valence-corrected chi connectivity index (χ3v) is 2.68. The summed E-state index contributed by atoms with van der Waals surface area (Å²) in [5.74, 6) is 0.239. The predicted molar refractivity (Wildman–Crippen MR) is 52.4 cm³/mol. The lowest BCUT2D eigenvalue weighted by Crippen LogP contribution is -2.28. The molecule has 0 bridgehead atoms. The van der Waals surface area contributed by atoms with Crippen molar-refractivity contribution in [2.24, 2.45) is 5.92 Å². The highest BCUT2D eigenvalue weighted by Gasteiger charge is 2.17. The van der Waals surface area contributed by atoms with E-state index in [4.69, 9.17) is 0 Å². The molecule has 0 radical (unpaired) electrons. The van der Waals surface area contributed by atoms with E-state index in [1.165, 1.54) is 4.91 Å². The lowest BCUT2D eigenvalue weighted by atomic mass is 10.1. The Morgan fingerprint density at radius 2 is 2.50 bits per heavy atom. The summed E-state index contributed by atoms with van der Waals surface area (Å²) in [6.45, 7) is 3.93. The number of amides is 1. The summed E-state index contributed by atoms with van der Waals surface area (Å²) in [6.07, 6.45) is 4.65. The maximum atomic E-state index is 11.0. The summed E-state index contributed by atoms with van der Waals surface area (Å²) in [5, 5.41) is 4.76. The lowest BCUT2D eigenvalue weighted by molar-refractivity contribution is -0.123. The fourth-order valence-corrected chi connectivity index (χ4v) is 1.77. The molecule has 1 aliphatic heterocycles. The Labute approximate surface area is 77.1 Å². The first-order valence-electron chi connectivity index (χ1n) is 4.01. The van der Waals surface area contributed by atoms with E-state index >= 15 is 0 Å². The Kier molecular flexibility index (Phi) is 3.41. The van der Waals surface area contributed by atoms with Gasteiger partial charge in [-0.1, -0.05) is 13.0 Å². The number of allylic oxidation sites excluding steroid dienone is 2. The van der Waals surface area contributed by atoms with Crippen molar-refractivity contribution in [3.63, 3.8) is 0 Å². The summed E-state index contributed by atoms with van der Waals surface area (Å²) in [6, 6.07) is 0. The first-order valence-corrected chi connectivity index (χ1v) is 4.89. The van der Waals surface area contributed by atoms with Crippen LogP contribution in [0.2, 0.25) is 0 Å². The van der Waals surface area contributed by atoms with Crippen LogP contribution >= 0.6 is 11.8 Å². The topological polar surface area (TPSA) is 29.1 Å². The van der Waals surface area contributed by atoms with Gasteiger partial charge in [0.25, 0.3) is 0 Å². The maximum absolute atomic E-state index is 11.0. The van der Waals surface area contributed by atoms with Crippen molar-refractivity contribution in [1.82, 2.24) is 5.32 Å². The largest absolute Gasteiger partial charge is 0.332 e. The molecule has 1 N–H and O–H groups in total. The summed E-state index contributed by atoms with van der Waals surface area (Å²) in [7, 11) is 0. The van der Waals surface area contributed by atoms with E-state index in [-0.39, 0.29) is 11.8 Å². The molecule has 0 aromatic rings. The van der Waals surface area contributed by atoms with E-state index in [2.05, 4.69) is 5.32 Å². The Morgan fingerprint density at radius 1 is 1.75 bits per heavy atom. The average molecular weight is 183 g/mol. The molecule has 0 aliphatic carbocycles. The third-order valence-electron chi connectivity index (χ3n) is 1.69. The van der Waals surface area contributed by atoms with Crippen LogP contribution in [-0.2, 0) is 4.79 Å².